The van der Waals surface area contributed by atoms with Gasteiger partial charge in [0, 0.05) is 31.6 Å². The molecule has 0 unspecified atom stereocenters. The van der Waals surface area contributed by atoms with E-state index in [1.807, 2.05) is 6.92 Å². The van der Waals surface area contributed by atoms with Crippen LogP contribution in [-0.4, -0.2) is 34.1 Å². The average Bonchev–Trinajstić information content (AvgIpc) is 2.55. The van der Waals surface area contributed by atoms with Crippen molar-refractivity contribution in [1.82, 2.24) is 5.32 Å². The minimum atomic E-state index is -3.76. The lowest BCUT2D eigenvalue weighted by molar-refractivity contribution is -0.117. The summed E-state index contributed by atoms with van der Waals surface area (Å²) in [5, 5.41) is 19.4. The van der Waals surface area contributed by atoms with E-state index in [1.54, 1.807) is 6.07 Å². The van der Waals surface area contributed by atoms with Crippen LogP contribution in [0.3, 0.4) is 0 Å². The maximum Gasteiger partial charge on any atom is 0.263 e. The topological polar surface area (TPSA) is 134 Å². The summed E-state index contributed by atoms with van der Waals surface area (Å²) in [6.07, 6.45) is 1.91. The van der Waals surface area contributed by atoms with Gasteiger partial charge in [-0.25, -0.2) is 13.6 Å². The van der Waals surface area contributed by atoms with Crippen molar-refractivity contribution in [3.8, 4) is 6.07 Å². The van der Waals surface area contributed by atoms with Crippen LogP contribution in [0.2, 0.25) is 0 Å². The van der Waals surface area contributed by atoms with Gasteiger partial charge in [-0.15, -0.1) is 0 Å². The van der Waals surface area contributed by atoms with Gasteiger partial charge >= 0.3 is 0 Å². The van der Waals surface area contributed by atoms with Crippen LogP contribution in [-0.2, 0) is 19.6 Å². The molecule has 0 aromatic heterocycles. The van der Waals surface area contributed by atoms with Gasteiger partial charge in [0.1, 0.15) is 11.6 Å². The third-order valence-corrected chi connectivity index (χ3v) is 3.82. The molecule has 0 aliphatic carbocycles. The second kappa shape index (κ2) is 9.67. The van der Waals surface area contributed by atoms with Gasteiger partial charge in [0.2, 0.25) is 10.0 Å². The number of nitrogens with two attached hydrogens (primary N) is 1. The molecule has 1 aromatic carbocycles. The molecule has 1 aromatic rings. The van der Waals surface area contributed by atoms with Gasteiger partial charge in [0.25, 0.3) is 5.91 Å². The molecule has 1 rings (SSSR count). The number of sulfonamides is 1. The first-order chi connectivity index (χ1) is 11.4. The predicted octanol–water partition coefficient (Wildman–Crippen LogP) is 0.696. The number of nitrogens with zero attached hydrogens (tertiary/aromatic N) is 1. The minimum Gasteiger partial charge on any atom is -0.382 e. The Bertz CT molecular complexity index is 721. The Morgan fingerprint density at radius 1 is 1.38 bits per heavy atom. The van der Waals surface area contributed by atoms with Crippen LogP contribution in [0.15, 0.2) is 40.9 Å². The standard InChI is InChI=1S/C15H20N4O4S/c1-2-23-9-3-8-18-15(20)12(10-16)11-19-13-4-6-14(7-5-13)24(17,21)22/h4-7,11,19H,2-3,8-9H2,1H3,(H,18,20)(H2,17,21,22)/b12-11-. The van der Waals surface area contributed by atoms with Crippen molar-refractivity contribution in [2.45, 2.75) is 18.2 Å². The second-order valence-corrected chi connectivity index (χ2v) is 6.25. The monoisotopic (exact) mass is 352 g/mol. The van der Waals surface area contributed by atoms with Crippen LogP contribution in [0.5, 0.6) is 0 Å². The van der Waals surface area contributed by atoms with Gasteiger partial charge in [-0.3, -0.25) is 4.79 Å². The number of benzene rings is 1. The summed E-state index contributed by atoms with van der Waals surface area (Å²) in [4.78, 5) is 11.8. The molecule has 0 spiro atoms. The Morgan fingerprint density at radius 2 is 2.04 bits per heavy atom. The van der Waals surface area contributed by atoms with E-state index in [0.29, 0.717) is 31.9 Å². The number of rotatable bonds is 9. The van der Waals surface area contributed by atoms with Crippen LogP contribution < -0.4 is 15.8 Å². The summed E-state index contributed by atoms with van der Waals surface area (Å²) < 4.78 is 27.5. The van der Waals surface area contributed by atoms with Gasteiger partial charge in [-0.05, 0) is 37.6 Å². The van der Waals surface area contributed by atoms with Crippen molar-refractivity contribution in [2.75, 3.05) is 25.1 Å². The zero-order valence-electron chi connectivity index (χ0n) is 13.3. The number of hydrogen-bond donors (Lipinski definition) is 3. The van der Waals surface area contributed by atoms with Crippen LogP contribution in [0.25, 0.3) is 0 Å². The normalized spacial score (nSPS) is 11.6. The first kappa shape index (κ1) is 19.6. The van der Waals surface area contributed by atoms with Crippen LogP contribution >= 0.6 is 0 Å². The van der Waals surface area contributed by atoms with E-state index in [-0.39, 0.29) is 10.5 Å². The Hall–Kier alpha value is -2.41. The summed E-state index contributed by atoms with van der Waals surface area (Å²) in [6, 6.07) is 7.40. The van der Waals surface area contributed by atoms with Crippen LogP contribution in [0.1, 0.15) is 13.3 Å². The van der Waals surface area contributed by atoms with Gasteiger partial charge in [0.15, 0.2) is 0 Å². The zero-order chi connectivity index (χ0) is 18.0. The predicted molar refractivity (Wildman–Crippen MR) is 89.3 cm³/mol. The molecule has 24 heavy (non-hydrogen) atoms. The van der Waals surface area contributed by atoms with Crippen molar-refractivity contribution >= 4 is 21.6 Å². The first-order valence-corrected chi connectivity index (χ1v) is 8.78. The first-order valence-electron chi connectivity index (χ1n) is 7.24. The highest BCUT2D eigenvalue weighted by Crippen LogP contribution is 2.13. The fourth-order valence-corrected chi connectivity index (χ4v) is 2.18. The number of amides is 1. The number of nitriles is 1. The number of primary sulfonamides is 1. The minimum absolute atomic E-state index is 0.0235. The van der Waals surface area contributed by atoms with Gasteiger partial charge < -0.3 is 15.4 Å². The second-order valence-electron chi connectivity index (χ2n) is 4.69. The third-order valence-electron chi connectivity index (χ3n) is 2.89. The highest BCUT2D eigenvalue weighted by molar-refractivity contribution is 7.89. The number of carbonyl (C=O) groups excluding carboxylic acids is 1. The molecule has 0 saturated carbocycles. The molecular formula is C15H20N4O4S. The molecule has 0 aliphatic rings. The van der Waals surface area contributed by atoms with Crippen LogP contribution in [0, 0.1) is 11.3 Å². The highest BCUT2D eigenvalue weighted by atomic mass is 32.2. The number of nitrogens with one attached hydrogen (secondary N) is 2. The van der Waals surface area contributed by atoms with Crippen molar-refractivity contribution in [2.24, 2.45) is 5.14 Å². The molecule has 130 valence electrons. The lowest BCUT2D eigenvalue weighted by Gasteiger charge is -2.06. The van der Waals surface area contributed by atoms with E-state index in [9.17, 15) is 13.2 Å². The maximum atomic E-state index is 11.8. The highest BCUT2D eigenvalue weighted by Gasteiger charge is 2.09. The molecular weight excluding hydrogens is 332 g/mol. The Labute approximate surface area is 141 Å². The van der Waals surface area contributed by atoms with Gasteiger partial charge in [0.05, 0.1) is 4.90 Å². The number of carbonyl (C=O) groups is 1. The van der Waals surface area contributed by atoms with Gasteiger partial charge in [-0.2, -0.15) is 5.26 Å². The summed E-state index contributed by atoms with van der Waals surface area (Å²) in [7, 11) is -3.76. The van der Waals surface area contributed by atoms with Crippen molar-refractivity contribution in [3.05, 3.63) is 36.0 Å². The summed E-state index contributed by atoms with van der Waals surface area (Å²) in [5.41, 5.74) is 0.418. The van der Waals surface area contributed by atoms with E-state index in [4.69, 9.17) is 15.1 Å². The van der Waals surface area contributed by atoms with Crippen LogP contribution in [0.4, 0.5) is 5.69 Å². The molecule has 0 saturated heterocycles. The molecule has 0 radical (unpaired) electrons. The molecule has 1 amide bonds. The Morgan fingerprint density at radius 3 is 2.58 bits per heavy atom. The van der Waals surface area contributed by atoms with Crippen molar-refractivity contribution < 1.29 is 17.9 Å². The SMILES string of the molecule is CCOCCCNC(=O)/C(C#N)=C\Nc1ccc(S(N)(=O)=O)cc1. The number of ether oxygens (including phenoxy) is 1. The number of hydrogen-bond acceptors (Lipinski definition) is 6. The quantitative estimate of drug-likeness (QED) is 0.340. The van der Waals surface area contributed by atoms with E-state index < -0.39 is 15.9 Å². The smallest absolute Gasteiger partial charge is 0.263 e. The maximum absolute atomic E-state index is 11.8. The lowest BCUT2D eigenvalue weighted by Crippen LogP contribution is -2.26. The van der Waals surface area contributed by atoms with E-state index in [1.165, 1.54) is 30.5 Å². The molecule has 0 aliphatic heterocycles. The van der Waals surface area contributed by atoms with Crippen molar-refractivity contribution in [1.29, 1.82) is 5.26 Å². The fraction of sp³-hybridized carbons (Fsp3) is 0.333. The molecule has 0 atom stereocenters. The summed E-state index contributed by atoms with van der Waals surface area (Å²) in [5.74, 6) is -0.498. The Kier molecular flexibility index (Phi) is 7.91. The fourth-order valence-electron chi connectivity index (χ4n) is 1.66. The molecule has 9 heteroatoms. The molecule has 0 heterocycles. The summed E-state index contributed by atoms with van der Waals surface area (Å²) in [6.45, 7) is 3.44. The van der Waals surface area contributed by atoms with E-state index in [2.05, 4.69) is 10.6 Å². The summed E-state index contributed by atoms with van der Waals surface area (Å²) >= 11 is 0. The largest absolute Gasteiger partial charge is 0.382 e. The van der Waals surface area contributed by atoms with E-state index in [0.717, 1.165) is 0 Å². The van der Waals surface area contributed by atoms with Gasteiger partial charge in [-0.1, -0.05) is 0 Å². The van der Waals surface area contributed by atoms with E-state index >= 15 is 0 Å². The molecule has 0 bridgehead atoms. The molecule has 4 N–H and O–H groups in total. The number of anilines is 1. The average molecular weight is 352 g/mol. The third kappa shape index (κ3) is 6.78. The molecule has 0 fully saturated rings. The Balaban J connectivity index is 2.59. The molecule has 8 nitrogen and oxygen atoms in total. The lowest BCUT2D eigenvalue weighted by atomic mass is 10.2. The zero-order valence-corrected chi connectivity index (χ0v) is 14.1. The van der Waals surface area contributed by atoms with Crippen molar-refractivity contribution in [3.63, 3.8) is 0 Å².